The van der Waals surface area contributed by atoms with Crippen molar-refractivity contribution >= 4 is 104 Å². The van der Waals surface area contributed by atoms with Crippen LogP contribution in [0.15, 0.2) is 42.5 Å². The number of hydrogen-bond donors (Lipinski definition) is 0. The lowest BCUT2D eigenvalue weighted by Gasteiger charge is -2.21. The van der Waals surface area contributed by atoms with Crippen molar-refractivity contribution in [3.05, 3.63) is 66.9 Å². The van der Waals surface area contributed by atoms with Gasteiger partial charge in [-0.3, -0.25) is 4.79 Å². The van der Waals surface area contributed by atoms with Crippen molar-refractivity contribution in [3.8, 4) is 30.6 Å². The van der Waals surface area contributed by atoms with E-state index >= 15 is 0 Å². The van der Waals surface area contributed by atoms with Crippen LogP contribution in [0.5, 0.6) is 0 Å². The third-order valence-electron chi connectivity index (χ3n) is 14.0. The molecule has 0 saturated heterocycles. The molecule has 1 aromatic carbocycles. The minimum atomic E-state index is 0.0172. The highest BCUT2D eigenvalue weighted by molar-refractivity contribution is 7.32. The number of thiophene rings is 6. The lowest BCUT2D eigenvalue weighted by molar-refractivity contribution is 0.0983. The molecule has 1 nitrogen and oxygen atoms in total. The number of unbranched alkanes of at least 4 members (excludes halogenated alkanes) is 6. The van der Waals surface area contributed by atoms with Gasteiger partial charge in [0.25, 0.3) is 0 Å². The molecule has 7 heteroatoms. The number of benzene rings is 1. The number of fused-ring (bicyclic) bond motifs is 3. The summed E-state index contributed by atoms with van der Waals surface area (Å²) < 4.78 is 4.18. The molecule has 0 radical (unpaired) electrons. The maximum absolute atomic E-state index is 13.9. The Kier molecular flexibility index (Phi) is 17.0. The summed E-state index contributed by atoms with van der Waals surface area (Å²) in [5.41, 5.74) is 2.94. The third kappa shape index (κ3) is 10.9. The normalized spacial score (nSPS) is 13.6. The first-order valence-corrected chi connectivity index (χ1v) is 30.0. The molecule has 0 amide bonds. The SMILES string of the molecule is CCCCCCCC(=O)c1cc2c(C(C)(C)CC)sc(-c3cc4c(-c5ccc(CC(CC)CCCC)s5)c5sc(C(C)(C)C)cc5c(-c5ccc(CC(CC)CCCC)s5)c4s3)c2s1. The summed E-state index contributed by atoms with van der Waals surface area (Å²) in [6.45, 7) is 25.9. The summed E-state index contributed by atoms with van der Waals surface area (Å²) in [5, 5.41) is 4.14. The Morgan fingerprint density at radius 2 is 1.11 bits per heavy atom. The first kappa shape index (κ1) is 49.8. The summed E-state index contributed by atoms with van der Waals surface area (Å²) in [6, 6.07) is 17.3. The fraction of sp³-hybridized carbons (Fsp3) is 0.561. The predicted molar refractivity (Wildman–Crippen MR) is 296 cm³/mol. The summed E-state index contributed by atoms with van der Waals surface area (Å²) >= 11 is 11.9. The van der Waals surface area contributed by atoms with Crippen LogP contribution in [0, 0.1) is 11.8 Å². The number of rotatable bonds is 24. The molecule has 0 saturated carbocycles. The molecular formula is C57H76OS6. The lowest BCUT2D eigenvalue weighted by Crippen LogP contribution is -2.13. The largest absolute Gasteiger partial charge is 0.293 e. The maximum atomic E-state index is 13.9. The van der Waals surface area contributed by atoms with Crippen LogP contribution in [-0.2, 0) is 23.7 Å². The molecule has 0 aliphatic heterocycles. The summed E-state index contributed by atoms with van der Waals surface area (Å²) in [5.74, 6) is 1.81. The van der Waals surface area contributed by atoms with Gasteiger partial charge in [0.15, 0.2) is 5.78 Å². The zero-order valence-electron chi connectivity index (χ0n) is 41.1. The molecule has 64 heavy (non-hydrogen) atoms. The number of carbonyl (C=O) groups is 1. The summed E-state index contributed by atoms with van der Waals surface area (Å²) in [4.78, 5) is 26.3. The van der Waals surface area contributed by atoms with Gasteiger partial charge in [0.05, 0.1) is 14.5 Å². The number of ketones is 1. The van der Waals surface area contributed by atoms with Crippen molar-refractivity contribution in [1.29, 1.82) is 0 Å². The van der Waals surface area contributed by atoms with Crippen molar-refractivity contribution in [1.82, 2.24) is 0 Å². The van der Waals surface area contributed by atoms with Crippen LogP contribution >= 0.6 is 68.0 Å². The summed E-state index contributed by atoms with van der Waals surface area (Å²) in [7, 11) is 0. The van der Waals surface area contributed by atoms with E-state index in [2.05, 4.69) is 119 Å². The first-order valence-electron chi connectivity index (χ1n) is 25.1. The Bertz CT molecular complexity index is 2510. The Morgan fingerprint density at radius 3 is 1.66 bits per heavy atom. The molecule has 6 aromatic heterocycles. The highest BCUT2D eigenvalue weighted by Crippen LogP contribution is 2.57. The Morgan fingerprint density at radius 1 is 0.547 bits per heavy atom. The quantitative estimate of drug-likeness (QED) is 0.0436. The average Bonchev–Trinajstić information content (AvgIpc) is 4.13. The van der Waals surface area contributed by atoms with Gasteiger partial charge < -0.3 is 0 Å². The van der Waals surface area contributed by atoms with Gasteiger partial charge in [0.1, 0.15) is 0 Å². The third-order valence-corrected chi connectivity index (χ3v) is 22.0. The van der Waals surface area contributed by atoms with Crippen LogP contribution < -0.4 is 0 Å². The van der Waals surface area contributed by atoms with E-state index in [-0.39, 0.29) is 10.8 Å². The van der Waals surface area contributed by atoms with Gasteiger partial charge in [-0.1, -0.05) is 153 Å². The lowest BCUT2D eigenvalue weighted by atomic mass is 9.87. The molecule has 0 N–H and O–H groups in total. The van der Waals surface area contributed by atoms with Crippen molar-refractivity contribution in [2.45, 2.75) is 196 Å². The molecule has 2 atom stereocenters. The van der Waals surface area contributed by atoms with Gasteiger partial charge in [-0.25, -0.2) is 0 Å². The van der Waals surface area contributed by atoms with E-state index in [0.717, 1.165) is 36.0 Å². The molecule has 0 aliphatic rings. The van der Waals surface area contributed by atoms with Crippen LogP contribution in [0.4, 0.5) is 0 Å². The van der Waals surface area contributed by atoms with Gasteiger partial charge >= 0.3 is 0 Å². The average molecular weight is 970 g/mol. The molecule has 6 heterocycles. The molecule has 7 rings (SSSR count). The standard InChI is InChI=1S/C57H76OS6/c1-12-18-21-22-23-26-43(58)46-34-42-53(61-46)54(64-55(42)57(10,11)17-6)47-33-40-49(44-29-27-38(59-44)31-36(15-4)24-19-13-2)52-41(35-48(63-52)56(7,8)9)50(51(40)62-47)45-30-28-39(60-45)32-37(16-5)25-20-14-3/h27-30,33-37H,12-26,31-32H2,1-11H3. The molecule has 0 aliphatic carbocycles. The van der Waals surface area contributed by atoms with Gasteiger partial charge in [-0.05, 0) is 90.8 Å². The molecule has 346 valence electrons. The van der Waals surface area contributed by atoms with E-state index in [1.165, 1.54) is 164 Å². The van der Waals surface area contributed by atoms with E-state index in [1.807, 2.05) is 56.7 Å². The highest BCUT2D eigenvalue weighted by Gasteiger charge is 2.31. The van der Waals surface area contributed by atoms with E-state index in [1.54, 1.807) is 11.3 Å². The van der Waals surface area contributed by atoms with Crippen LogP contribution in [-0.4, -0.2) is 5.78 Å². The molecule has 7 aromatic rings. The van der Waals surface area contributed by atoms with Gasteiger partial charge in [0.2, 0.25) is 0 Å². The Labute approximate surface area is 411 Å². The fourth-order valence-electron chi connectivity index (χ4n) is 9.35. The fourth-order valence-corrected chi connectivity index (χ4v) is 17.3. The van der Waals surface area contributed by atoms with Crippen LogP contribution in [0.1, 0.15) is 202 Å². The molecule has 0 spiro atoms. The number of carbonyl (C=O) groups excluding carboxylic acids is 1. The van der Waals surface area contributed by atoms with Gasteiger partial charge in [-0.2, -0.15) is 0 Å². The molecule has 2 unspecified atom stereocenters. The van der Waals surface area contributed by atoms with E-state index in [0.29, 0.717) is 12.2 Å². The van der Waals surface area contributed by atoms with Crippen LogP contribution in [0.25, 0.3) is 60.9 Å². The topological polar surface area (TPSA) is 17.1 Å². The summed E-state index contributed by atoms with van der Waals surface area (Å²) in [6.07, 6.45) is 20.2. The highest BCUT2D eigenvalue weighted by atomic mass is 32.1. The first-order chi connectivity index (χ1) is 30.7. The monoisotopic (exact) mass is 968 g/mol. The zero-order chi connectivity index (χ0) is 45.8. The van der Waals surface area contributed by atoms with Crippen molar-refractivity contribution in [2.75, 3.05) is 0 Å². The zero-order valence-corrected chi connectivity index (χ0v) is 46.0. The number of hydrogen-bond acceptors (Lipinski definition) is 7. The molecular weight excluding hydrogens is 893 g/mol. The van der Waals surface area contributed by atoms with E-state index < -0.39 is 0 Å². The minimum absolute atomic E-state index is 0.0172. The van der Waals surface area contributed by atoms with E-state index in [4.69, 9.17) is 0 Å². The Balaban J connectivity index is 1.45. The molecule has 0 bridgehead atoms. The predicted octanol–water partition coefficient (Wildman–Crippen LogP) is 21.6. The van der Waals surface area contributed by atoms with Crippen LogP contribution in [0.3, 0.4) is 0 Å². The minimum Gasteiger partial charge on any atom is -0.293 e. The van der Waals surface area contributed by atoms with Crippen molar-refractivity contribution < 1.29 is 4.79 Å². The van der Waals surface area contributed by atoms with Gasteiger partial charge in [-0.15, -0.1) is 68.0 Å². The Hall–Kier alpha value is -2.13. The second-order valence-electron chi connectivity index (χ2n) is 20.4. The molecule has 0 fully saturated rings. The maximum Gasteiger partial charge on any atom is 0.172 e. The van der Waals surface area contributed by atoms with E-state index in [9.17, 15) is 4.79 Å². The van der Waals surface area contributed by atoms with Crippen molar-refractivity contribution in [3.63, 3.8) is 0 Å². The second kappa shape index (κ2) is 21.9. The van der Waals surface area contributed by atoms with Crippen LogP contribution in [0.2, 0.25) is 0 Å². The van der Waals surface area contributed by atoms with Gasteiger partial charge in [0, 0.05) is 77.2 Å². The smallest absolute Gasteiger partial charge is 0.172 e. The second-order valence-corrected chi connectivity index (χ2v) is 26.9. The number of Topliss-reactive ketones (excluding diaryl/α,β-unsaturated/α-hetero) is 1. The van der Waals surface area contributed by atoms with Crippen molar-refractivity contribution in [2.24, 2.45) is 11.8 Å².